The van der Waals surface area contributed by atoms with E-state index in [0.717, 1.165) is 35.7 Å². The lowest BCUT2D eigenvalue weighted by molar-refractivity contribution is -0.131. The van der Waals surface area contributed by atoms with Gasteiger partial charge in [-0.3, -0.25) is 14.8 Å². The van der Waals surface area contributed by atoms with Crippen molar-refractivity contribution in [3.05, 3.63) is 72.3 Å². The highest BCUT2D eigenvalue weighted by Gasteiger charge is 2.29. The summed E-state index contributed by atoms with van der Waals surface area (Å²) in [6.07, 6.45) is 9.72. The van der Waals surface area contributed by atoms with Crippen molar-refractivity contribution < 1.29 is 4.79 Å². The van der Waals surface area contributed by atoms with Crippen LogP contribution in [0.5, 0.6) is 0 Å². The summed E-state index contributed by atoms with van der Waals surface area (Å²) in [5.74, 6) is 0.174. The first-order valence-corrected chi connectivity index (χ1v) is 8.34. The van der Waals surface area contributed by atoms with Gasteiger partial charge < -0.3 is 4.90 Å². The Kier molecular flexibility index (Phi) is 3.95. The summed E-state index contributed by atoms with van der Waals surface area (Å²) >= 11 is 0. The predicted molar refractivity (Wildman–Crippen MR) is 93.4 cm³/mol. The van der Waals surface area contributed by atoms with Gasteiger partial charge in [-0.05, 0) is 41.5 Å². The van der Waals surface area contributed by atoms with Gasteiger partial charge in [0.1, 0.15) is 0 Å². The Morgan fingerprint density at radius 1 is 1.08 bits per heavy atom. The van der Waals surface area contributed by atoms with Crippen molar-refractivity contribution in [3.63, 3.8) is 0 Å². The molecule has 0 bridgehead atoms. The summed E-state index contributed by atoms with van der Waals surface area (Å²) in [6, 6.07) is 12.3. The Labute approximate surface area is 141 Å². The number of nitrogens with zero attached hydrogens (tertiary/aromatic N) is 3. The average Bonchev–Trinajstić information content (AvgIpc) is 3.13. The Bertz CT molecular complexity index is 858. The number of carbonyl (C=O) groups excluding carboxylic acids is 1. The van der Waals surface area contributed by atoms with E-state index in [-0.39, 0.29) is 11.9 Å². The molecule has 1 saturated heterocycles. The van der Waals surface area contributed by atoms with E-state index in [1.807, 2.05) is 47.6 Å². The average molecular weight is 317 g/mol. The fourth-order valence-electron chi connectivity index (χ4n) is 3.58. The number of carbonyl (C=O) groups is 1. The first kappa shape index (κ1) is 14.8. The van der Waals surface area contributed by atoms with Crippen LogP contribution >= 0.6 is 0 Å². The molecule has 1 unspecified atom stereocenters. The topological polar surface area (TPSA) is 46.1 Å². The fourth-order valence-corrected chi connectivity index (χ4v) is 3.58. The van der Waals surface area contributed by atoms with Crippen molar-refractivity contribution in [1.29, 1.82) is 0 Å². The van der Waals surface area contributed by atoms with E-state index >= 15 is 0 Å². The third-order valence-corrected chi connectivity index (χ3v) is 4.76. The second kappa shape index (κ2) is 6.40. The Morgan fingerprint density at radius 3 is 2.79 bits per heavy atom. The molecular formula is C20H19N3O. The molecule has 0 saturated carbocycles. The van der Waals surface area contributed by atoms with Crippen molar-refractivity contribution in [2.75, 3.05) is 6.54 Å². The molecule has 2 aromatic heterocycles. The van der Waals surface area contributed by atoms with E-state index in [2.05, 4.69) is 16.0 Å². The van der Waals surface area contributed by atoms with Crippen molar-refractivity contribution >= 4 is 16.7 Å². The number of fused-ring (bicyclic) bond motifs is 1. The van der Waals surface area contributed by atoms with Crippen LogP contribution in [0.4, 0.5) is 0 Å². The van der Waals surface area contributed by atoms with Gasteiger partial charge in [-0.15, -0.1) is 0 Å². The first-order chi connectivity index (χ1) is 11.8. The van der Waals surface area contributed by atoms with Gasteiger partial charge in [0, 0.05) is 36.7 Å². The zero-order valence-electron chi connectivity index (χ0n) is 13.4. The Morgan fingerprint density at radius 2 is 1.92 bits per heavy atom. The molecule has 1 aliphatic heterocycles. The zero-order chi connectivity index (χ0) is 16.4. The summed E-state index contributed by atoms with van der Waals surface area (Å²) in [5.41, 5.74) is 2.17. The number of benzene rings is 1. The van der Waals surface area contributed by atoms with Gasteiger partial charge in [-0.2, -0.15) is 0 Å². The summed E-state index contributed by atoms with van der Waals surface area (Å²) in [7, 11) is 0. The third kappa shape index (κ3) is 2.75. The molecule has 3 aromatic rings. The van der Waals surface area contributed by atoms with Crippen LogP contribution in [0.15, 0.2) is 61.2 Å². The number of rotatable bonds is 3. The molecule has 1 aliphatic rings. The van der Waals surface area contributed by atoms with Gasteiger partial charge in [0.25, 0.3) is 0 Å². The highest BCUT2D eigenvalue weighted by atomic mass is 16.2. The smallest absolute Gasteiger partial charge is 0.227 e. The van der Waals surface area contributed by atoms with Crippen LogP contribution < -0.4 is 0 Å². The van der Waals surface area contributed by atoms with Gasteiger partial charge in [0.15, 0.2) is 0 Å². The van der Waals surface area contributed by atoms with Crippen molar-refractivity contribution in [1.82, 2.24) is 14.9 Å². The summed E-state index contributed by atoms with van der Waals surface area (Å²) in [5, 5.41) is 2.19. The molecule has 4 nitrogen and oxygen atoms in total. The minimum absolute atomic E-state index is 0.170. The third-order valence-electron chi connectivity index (χ3n) is 4.76. The van der Waals surface area contributed by atoms with Crippen molar-refractivity contribution in [2.45, 2.75) is 25.3 Å². The fraction of sp³-hybridized carbons (Fsp3) is 0.250. The highest BCUT2D eigenvalue weighted by molar-refractivity contribution is 5.89. The minimum Gasteiger partial charge on any atom is -0.335 e. The lowest BCUT2D eigenvalue weighted by Crippen LogP contribution is -2.31. The number of likely N-dealkylation sites (tertiary alicyclic amines) is 1. The molecule has 4 rings (SSSR count). The van der Waals surface area contributed by atoms with Gasteiger partial charge in [0.05, 0.1) is 12.5 Å². The molecule has 120 valence electrons. The molecule has 1 fully saturated rings. The molecule has 0 N–H and O–H groups in total. The molecule has 24 heavy (non-hydrogen) atoms. The highest BCUT2D eigenvalue weighted by Crippen LogP contribution is 2.32. The van der Waals surface area contributed by atoms with Gasteiger partial charge in [0.2, 0.25) is 5.91 Å². The number of hydrogen-bond acceptors (Lipinski definition) is 3. The maximum Gasteiger partial charge on any atom is 0.227 e. The summed E-state index contributed by atoms with van der Waals surface area (Å²) in [4.78, 5) is 23.3. The van der Waals surface area contributed by atoms with Crippen LogP contribution in [-0.4, -0.2) is 27.3 Å². The molecule has 0 radical (unpaired) electrons. The van der Waals surface area contributed by atoms with Crippen LogP contribution in [-0.2, 0) is 11.2 Å². The molecule has 1 aromatic carbocycles. The number of hydrogen-bond donors (Lipinski definition) is 0. The van der Waals surface area contributed by atoms with Gasteiger partial charge in [-0.25, -0.2) is 0 Å². The Hall–Kier alpha value is -2.75. The minimum atomic E-state index is 0.170. The standard InChI is InChI=1S/C20H19N3O/c24-20(12-17-14-22-13-16-4-1-2-5-18(16)17)23-11-3-6-19(23)15-7-9-21-10-8-15/h1-2,4-5,7-10,13-14,19H,3,6,11-12H2. The molecule has 4 heteroatoms. The molecule has 3 heterocycles. The number of amides is 1. The summed E-state index contributed by atoms with van der Waals surface area (Å²) < 4.78 is 0. The largest absolute Gasteiger partial charge is 0.335 e. The second-order valence-electron chi connectivity index (χ2n) is 6.22. The molecule has 1 atom stereocenters. The lowest BCUT2D eigenvalue weighted by Gasteiger charge is -2.25. The maximum atomic E-state index is 12.9. The Balaban J connectivity index is 1.59. The van der Waals surface area contributed by atoms with E-state index in [0.29, 0.717) is 6.42 Å². The van der Waals surface area contributed by atoms with Crippen LogP contribution in [0, 0.1) is 0 Å². The quantitative estimate of drug-likeness (QED) is 0.742. The van der Waals surface area contributed by atoms with E-state index in [4.69, 9.17) is 0 Å². The first-order valence-electron chi connectivity index (χ1n) is 8.34. The van der Waals surface area contributed by atoms with E-state index < -0.39 is 0 Å². The monoisotopic (exact) mass is 317 g/mol. The number of aromatic nitrogens is 2. The van der Waals surface area contributed by atoms with Gasteiger partial charge in [-0.1, -0.05) is 24.3 Å². The van der Waals surface area contributed by atoms with Gasteiger partial charge >= 0.3 is 0 Å². The zero-order valence-corrected chi connectivity index (χ0v) is 13.4. The molecule has 0 aliphatic carbocycles. The van der Waals surface area contributed by atoms with E-state index in [9.17, 15) is 4.79 Å². The summed E-state index contributed by atoms with van der Waals surface area (Å²) in [6.45, 7) is 0.823. The van der Waals surface area contributed by atoms with Crippen molar-refractivity contribution in [3.8, 4) is 0 Å². The second-order valence-corrected chi connectivity index (χ2v) is 6.22. The maximum absolute atomic E-state index is 12.9. The molecule has 1 amide bonds. The molecule has 0 spiro atoms. The molecular weight excluding hydrogens is 298 g/mol. The van der Waals surface area contributed by atoms with E-state index in [1.54, 1.807) is 12.4 Å². The van der Waals surface area contributed by atoms with E-state index in [1.165, 1.54) is 5.56 Å². The SMILES string of the molecule is O=C(Cc1cncc2ccccc12)N1CCCC1c1ccncc1. The predicted octanol–water partition coefficient (Wildman–Crippen LogP) is 3.54. The normalized spacial score (nSPS) is 17.3. The van der Waals surface area contributed by atoms with Crippen LogP contribution in [0.1, 0.15) is 30.0 Å². The van der Waals surface area contributed by atoms with Crippen molar-refractivity contribution in [2.24, 2.45) is 0 Å². The number of pyridine rings is 2. The van der Waals surface area contributed by atoms with Crippen LogP contribution in [0.3, 0.4) is 0 Å². The lowest BCUT2D eigenvalue weighted by atomic mass is 10.0. The van der Waals surface area contributed by atoms with Crippen LogP contribution in [0.2, 0.25) is 0 Å². The van der Waals surface area contributed by atoms with Crippen LogP contribution in [0.25, 0.3) is 10.8 Å².